The van der Waals surface area contributed by atoms with Gasteiger partial charge in [0.2, 0.25) is 0 Å². The molecule has 0 aliphatic heterocycles. The molecule has 8 aromatic carbocycles. The van der Waals surface area contributed by atoms with E-state index in [1.807, 2.05) is 48.5 Å². The van der Waals surface area contributed by atoms with Crippen LogP contribution in [0.3, 0.4) is 0 Å². The maximum Gasteiger partial charge on any atom is 0.164 e. The summed E-state index contributed by atoms with van der Waals surface area (Å²) in [4.78, 5) is 15.4. The fourth-order valence-corrected chi connectivity index (χ4v) is 8.30. The minimum absolute atomic E-state index is 0.579. The summed E-state index contributed by atoms with van der Waals surface area (Å²) in [6.07, 6.45) is 0. The summed E-state index contributed by atoms with van der Waals surface area (Å²) in [7, 11) is 0. The second kappa shape index (κ2) is 12.3. The van der Waals surface area contributed by atoms with Crippen molar-refractivity contribution >= 4 is 65.7 Å². The minimum atomic E-state index is 0.579. The van der Waals surface area contributed by atoms with Crippen LogP contribution in [0.4, 0.5) is 0 Å². The lowest BCUT2D eigenvalue weighted by atomic mass is 10.0. The highest BCUT2D eigenvalue weighted by atomic mass is 16.3. The fraction of sp³-hybridized carbons (Fsp3) is 0. The first kappa shape index (κ1) is 31.5. The Bertz CT molecular complexity index is 3510. The Labute approximate surface area is 325 Å². The monoisotopic (exact) mass is 730 g/mol. The molecule has 6 nitrogen and oxygen atoms in total. The molecule has 0 aliphatic carbocycles. The Morgan fingerprint density at radius 3 is 1.51 bits per heavy atom. The van der Waals surface area contributed by atoms with Gasteiger partial charge in [-0.25, -0.2) is 15.0 Å². The van der Waals surface area contributed by atoms with Gasteiger partial charge in [0.05, 0.1) is 11.0 Å². The van der Waals surface area contributed by atoms with Crippen LogP contribution in [0, 0.1) is 0 Å². The Hall–Kier alpha value is -7.83. The molecule has 4 heterocycles. The maximum absolute atomic E-state index is 6.55. The molecule has 0 aliphatic rings. The van der Waals surface area contributed by atoms with Crippen molar-refractivity contribution in [1.82, 2.24) is 19.5 Å². The van der Waals surface area contributed by atoms with Crippen LogP contribution in [-0.2, 0) is 0 Å². The van der Waals surface area contributed by atoms with Gasteiger partial charge in [-0.05, 0) is 83.9 Å². The first-order valence-electron chi connectivity index (χ1n) is 19.0. The van der Waals surface area contributed by atoms with Crippen LogP contribution < -0.4 is 0 Å². The van der Waals surface area contributed by atoms with Crippen molar-refractivity contribution in [3.63, 3.8) is 0 Å². The smallest absolute Gasteiger partial charge is 0.164 e. The molecule has 0 saturated carbocycles. The number of hydrogen-bond acceptors (Lipinski definition) is 5. The molecule has 0 saturated heterocycles. The third kappa shape index (κ3) is 5.08. The first-order chi connectivity index (χ1) is 28.2. The third-order valence-corrected chi connectivity index (χ3v) is 11.1. The van der Waals surface area contributed by atoms with Crippen molar-refractivity contribution in [2.24, 2.45) is 0 Å². The number of para-hydroxylation sites is 3. The van der Waals surface area contributed by atoms with Gasteiger partial charge < -0.3 is 13.4 Å². The van der Waals surface area contributed by atoms with Crippen molar-refractivity contribution in [2.45, 2.75) is 0 Å². The van der Waals surface area contributed by atoms with Crippen LogP contribution in [0.15, 0.2) is 191 Å². The number of rotatable bonds is 5. The maximum atomic E-state index is 6.55. The van der Waals surface area contributed by atoms with E-state index in [9.17, 15) is 0 Å². The highest BCUT2D eigenvalue weighted by Gasteiger charge is 2.19. The Kier molecular flexibility index (Phi) is 6.83. The molecule has 0 fully saturated rings. The minimum Gasteiger partial charge on any atom is -0.456 e. The number of nitrogens with zero attached hydrogens (tertiary/aromatic N) is 4. The molecule has 266 valence electrons. The Balaban J connectivity index is 1.05. The Morgan fingerprint density at radius 1 is 0.298 bits per heavy atom. The van der Waals surface area contributed by atoms with Gasteiger partial charge in [-0.1, -0.05) is 109 Å². The zero-order valence-electron chi connectivity index (χ0n) is 30.4. The summed E-state index contributed by atoms with van der Waals surface area (Å²) < 4.78 is 15.0. The lowest BCUT2D eigenvalue weighted by molar-refractivity contribution is 0.669. The van der Waals surface area contributed by atoms with Crippen molar-refractivity contribution in [3.8, 4) is 51.0 Å². The van der Waals surface area contributed by atoms with Crippen molar-refractivity contribution in [1.29, 1.82) is 0 Å². The van der Waals surface area contributed by atoms with Gasteiger partial charge in [0.15, 0.2) is 17.5 Å². The molecule has 0 bridgehead atoms. The van der Waals surface area contributed by atoms with E-state index in [-0.39, 0.29) is 0 Å². The molecule has 4 aromatic heterocycles. The molecule has 0 atom stereocenters. The largest absolute Gasteiger partial charge is 0.456 e. The molecule has 57 heavy (non-hydrogen) atoms. The van der Waals surface area contributed by atoms with E-state index >= 15 is 0 Å². The van der Waals surface area contributed by atoms with E-state index < -0.39 is 0 Å². The van der Waals surface area contributed by atoms with E-state index in [0.29, 0.717) is 17.5 Å². The van der Waals surface area contributed by atoms with E-state index in [1.165, 1.54) is 5.39 Å². The van der Waals surface area contributed by atoms with Gasteiger partial charge in [-0.2, -0.15) is 0 Å². The molecule has 0 N–H and O–H groups in total. The van der Waals surface area contributed by atoms with Gasteiger partial charge >= 0.3 is 0 Å². The van der Waals surface area contributed by atoms with Crippen molar-refractivity contribution in [3.05, 3.63) is 182 Å². The molecule has 0 unspecified atom stereocenters. The standard InChI is InChI=1S/C51H30N4O2/c1-3-11-31(12-4-1)32-19-21-33(22-20-32)49-52-50(34-23-25-46-40(27-34)38-16-8-10-18-45(38)56-46)54-51(53-49)35-24-26-47-41(28-35)42-29-44-39(30-48(42)57-47)37-15-7-9-17-43(37)55(44)36-13-5-2-6-14-36/h1-30H. The summed E-state index contributed by atoms with van der Waals surface area (Å²) in [6, 6.07) is 62.8. The predicted octanol–water partition coefficient (Wildman–Crippen LogP) is 13.4. The highest BCUT2D eigenvalue weighted by molar-refractivity contribution is 6.17. The zero-order chi connectivity index (χ0) is 37.5. The summed E-state index contributed by atoms with van der Waals surface area (Å²) in [5, 5.41) is 6.43. The second-order valence-electron chi connectivity index (χ2n) is 14.4. The molecular formula is C51H30N4O2. The Morgan fingerprint density at radius 2 is 0.789 bits per heavy atom. The summed E-state index contributed by atoms with van der Waals surface area (Å²) in [5.41, 5.74) is 11.6. The molecule has 6 heteroatoms. The molecule has 12 aromatic rings. The molecule has 12 rings (SSSR count). The summed E-state index contributed by atoms with van der Waals surface area (Å²) in [6.45, 7) is 0. The van der Waals surface area contributed by atoms with Gasteiger partial charge in [0, 0.05) is 54.7 Å². The van der Waals surface area contributed by atoms with E-state index in [4.69, 9.17) is 23.8 Å². The lowest BCUT2D eigenvalue weighted by Crippen LogP contribution is -2.00. The number of furan rings is 2. The average molecular weight is 731 g/mol. The number of benzene rings is 8. The lowest BCUT2D eigenvalue weighted by Gasteiger charge is -2.09. The van der Waals surface area contributed by atoms with Gasteiger partial charge in [-0.15, -0.1) is 0 Å². The van der Waals surface area contributed by atoms with Crippen LogP contribution >= 0.6 is 0 Å². The van der Waals surface area contributed by atoms with E-state index in [0.717, 1.165) is 93.8 Å². The molecule has 0 spiro atoms. The number of aromatic nitrogens is 4. The van der Waals surface area contributed by atoms with Crippen LogP contribution in [0.2, 0.25) is 0 Å². The van der Waals surface area contributed by atoms with Crippen molar-refractivity contribution < 1.29 is 8.83 Å². The number of fused-ring (bicyclic) bond motifs is 9. The quantitative estimate of drug-likeness (QED) is 0.176. The molecular weight excluding hydrogens is 701 g/mol. The normalized spacial score (nSPS) is 11.9. The predicted molar refractivity (Wildman–Crippen MR) is 230 cm³/mol. The molecule has 0 amide bonds. The second-order valence-corrected chi connectivity index (χ2v) is 14.4. The SMILES string of the molecule is c1ccc(-c2ccc(-c3nc(-c4ccc5oc6ccccc6c5c4)nc(-c4ccc5oc6cc7c8ccccc8n(-c8ccccc8)c7cc6c5c4)n3)cc2)cc1. The number of hydrogen-bond donors (Lipinski definition) is 0. The van der Waals surface area contributed by atoms with E-state index in [1.54, 1.807) is 0 Å². The van der Waals surface area contributed by atoms with E-state index in [2.05, 4.69) is 138 Å². The summed E-state index contributed by atoms with van der Waals surface area (Å²) >= 11 is 0. The molecule has 0 radical (unpaired) electrons. The van der Waals surface area contributed by atoms with Crippen LogP contribution in [-0.4, -0.2) is 19.5 Å². The zero-order valence-corrected chi connectivity index (χ0v) is 30.4. The van der Waals surface area contributed by atoms with Crippen LogP contribution in [0.1, 0.15) is 0 Å². The first-order valence-corrected chi connectivity index (χ1v) is 19.0. The average Bonchev–Trinajstić information content (AvgIpc) is 3.94. The van der Waals surface area contributed by atoms with Gasteiger partial charge in [0.25, 0.3) is 0 Å². The third-order valence-electron chi connectivity index (χ3n) is 11.1. The highest BCUT2D eigenvalue weighted by Crippen LogP contribution is 2.40. The summed E-state index contributed by atoms with van der Waals surface area (Å²) in [5.74, 6) is 1.76. The van der Waals surface area contributed by atoms with Gasteiger partial charge in [0.1, 0.15) is 22.3 Å². The van der Waals surface area contributed by atoms with Crippen LogP contribution in [0.25, 0.3) is 117 Å². The van der Waals surface area contributed by atoms with Gasteiger partial charge in [-0.3, -0.25) is 0 Å². The topological polar surface area (TPSA) is 69.9 Å². The fourth-order valence-electron chi connectivity index (χ4n) is 8.30. The van der Waals surface area contributed by atoms with Crippen molar-refractivity contribution in [2.75, 3.05) is 0 Å². The van der Waals surface area contributed by atoms with Crippen LogP contribution in [0.5, 0.6) is 0 Å².